The summed E-state index contributed by atoms with van der Waals surface area (Å²) in [6, 6.07) is 7.68. The van der Waals surface area contributed by atoms with Gasteiger partial charge in [-0.05, 0) is 30.5 Å². The summed E-state index contributed by atoms with van der Waals surface area (Å²) in [6.45, 7) is 0. The fourth-order valence-corrected chi connectivity index (χ4v) is 2.10. The fourth-order valence-electron chi connectivity index (χ4n) is 2.10. The Morgan fingerprint density at radius 3 is 2.81 bits per heavy atom. The van der Waals surface area contributed by atoms with Crippen LogP contribution >= 0.6 is 0 Å². The SMILES string of the molecule is COc1ccc(C2(O)CC2)c2cccnc12. The molecular weight excluding hydrogens is 202 g/mol. The minimum absolute atomic E-state index is 0.631. The fraction of sp³-hybridized carbons (Fsp3) is 0.308. The van der Waals surface area contributed by atoms with E-state index in [1.54, 1.807) is 13.3 Å². The molecule has 0 saturated heterocycles. The normalized spacial score (nSPS) is 17.4. The second-order valence-corrected chi connectivity index (χ2v) is 4.25. The highest BCUT2D eigenvalue weighted by atomic mass is 16.5. The summed E-state index contributed by atoms with van der Waals surface area (Å²) in [7, 11) is 1.63. The Morgan fingerprint density at radius 1 is 1.31 bits per heavy atom. The Morgan fingerprint density at radius 2 is 2.12 bits per heavy atom. The van der Waals surface area contributed by atoms with E-state index in [9.17, 15) is 5.11 Å². The van der Waals surface area contributed by atoms with Crippen molar-refractivity contribution >= 4 is 10.9 Å². The lowest BCUT2D eigenvalue weighted by atomic mass is 10.0. The number of nitrogens with zero attached hydrogens (tertiary/aromatic N) is 1. The second kappa shape index (κ2) is 3.19. The summed E-state index contributed by atoms with van der Waals surface area (Å²) in [6.07, 6.45) is 3.41. The molecule has 3 heteroatoms. The number of aliphatic hydroxyl groups is 1. The molecule has 1 aromatic heterocycles. The van der Waals surface area contributed by atoms with Gasteiger partial charge in [0, 0.05) is 11.6 Å². The molecule has 1 aliphatic carbocycles. The second-order valence-electron chi connectivity index (χ2n) is 4.25. The van der Waals surface area contributed by atoms with Crippen LogP contribution in [0.15, 0.2) is 30.5 Å². The van der Waals surface area contributed by atoms with Crippen LogP contribution in [0.4, 0.5) is 0 Å². The maximum absolute atomic E-state index is 10.2. The van der Waals surface area contributed by atoms with E-state index in [0.717, 1.165) is 35.1 Å². The van der Waals surface area contributed by atoms with E-state index in [0.29, 0.717) is 0 Å². The van der Waals surface area contributed by atoms with Crippen molar-refractivity contribution < 1.29 is 9.84 Å². The first-order chi connectivity index (χ1) is 7.74. The van der Waals surface area contributed by atoms with Crippen LogP contribution in [0, 0.1) is 0 Å². The minimum atomic E-state index is -0.631. The Bertz CT molecular complexity index is 547. The number of rotatable bonds is 2. The zero-order valence-electron chi connectivity index (χ0n) is 9.10. The highest BCUT2D eigenvalue weighted by molar-refractivity contribution is 5.88. The van der Waals surface area contributed by atoms with Crippen molar-refractivity contribution in [2.75, 3.05) is 7.11 Å². The van der Waals surface area contributed by atoms with Gasteiger partial charge in [0.05, 0.1) is 12.7 Å². The number of hydrogen-bond acceptors (Lipinski definition) is 3. The molecule has 1 fully saturated rings. The molecule has 82 valence electrons. The molecule has 0 spiro atoms. The van der Waals surface area contributed by atoms with Crippen LogP contribution in [0.25, 0.3) is 10.9 Å². The molecule has 3 rings (SSSR count). The molecule has 0 bridgehead atoms. The van der Waals surface area contributed by atoms with Crippen molar-refractivity contribution in [3.63, 3.8) is 0 Å². The van der Waals surface area contributed by atoms with E-state index < -0.39 is 5.60 Å². The molecule has 1 heterocycles. The van der Waals surface area contributed by atoms with E-state index in [4.69, 9.17) is 4.74 Å². The van der Waals surface area contributed by atoms with Crippen molar-refractivity contribution in [1.29, 1.82) is 0 Å². The third kappa shape index (κ3) is 1.28. The summed E-state index contributed by atoms with van der Waals surface area (Å²) in [5.74, 6) is 0.753. The third-order valence-electron chi connectivity index (χ3n) is 3.18. The average Bonchev–Trinajstić information content (AvgIpc) is 3.07. The largest absolute Gasteiger partial charge is 0.494 e. The van der Waals surface area contributed by atoms with E-state index in [-0.39, 0.29) is 0 Å². The summed E-state index contributed by atoms with van der Waals surface area (Å²) >= 11 is 0. The summed E-state index contributed by atoms with van der Waals surface area (Å²) < 4.78 is 5.27. The van der Waals surface area contributed by atoms with Gasteiger partial charge in [0.25, 0.3) is 0 Å². The molecule has 1 aliphatic rings. The monoisotopic (exact) mass is 215 g/mol. The van der Waals surface area contributed by atoms with Gasteiger partial charge in [-0.3, -0.25) is 4.98 Å². The molecule has 0 aliphatic heterocycles. The van der Waals surface area contributed by atoms with Crippen molar-refractivity contribution in [3.05, 3.63) is 36.0 Å². The van der Waals surface area contributed by atoms with Crippen molar-refractivity contribution in [2.24, 2.45) is 0 Å². The third-order valence-corrected chi connectivity index (χ3v) is 3.18. The smallest absolute Gasteiger partial charge is 0.145 e. The van der Waals surface area contributed by atoms with E-state index in [1.165, 1.54) is 0 Å². The zero-order valence-corrected chi connectivity index (χ0v) is 9.10. The van der Waals surface area contributed by atoms with Gasteiger partial charge >= 0.3 is 0 Å². The number of fused-ring (bicyclic) bond motifs is 1. The van der Waals surface area contributed by atoms with E-state index in [2.05, 4.69) is 4.98 Å². The predicted molar refractivity (Wildman–Crippen MR) is 61.4 cm³/mol. The van der Waals surface area contributed by atoms with Gasteiger partial charge in [-0.15, -0.1) is 0 Å². The maximum Gasteiger partial charge on any atom is 0.145 e. The lowest BCUT2D eigenvalue weighted by molar-refractivity contribution is 0.153. The summed E-state index contributed by atoms with van der Waals surface area (Å²) in [4.78, 5) is 4.32. The van der Waals surface area contributed by atoms with Crippen LogP contribution in [-0.4, -0.2) is 17.2 Å². The van der Waals surface area contributed by atoms with Gasteiger partial charge in [-0.25, -0.2) is 0 Å². The van der Waals surface area contributed by atoms with Gasteiger partial charge in [0.15, 0.2) is 0 Å². The molecule has 0 radical (unpaired) electrons. The van der Waals surface area contributed by atoms with Crippen LogP contribution < -0.4 is 4.74 Å². The molecule has 1 N–H and O–H groups in total. The van der Waals surface area contributed by atoms with Gasteiger partial charge in [-0.2, -0.15) is 0 Å². The first-order valence-electron chi connectivity index (χ1n) is 5.39. The standard InChI is InChI=1S/C13H13NO2/c1-16-11-5-4-10(13(15)6-7-13)9-3-2-8-14-12(9)11/h2-5,8,15H,6-7H2,1H3. The van der Waals surface area contributed by atoms with Crippen molar-refractivity contribution in [2.45, 2.75) is 18.4 Å². The van der Waals surface area contributed by atoms with Crippen molar-refractivity contribution in [1.82, 2.24) is 4.98 Å². The van der Waals surface area contributed by atoms with Crippen molar-refractivity contribution in [3.8, 4) is 5.75 Å². The van der Waals surface area contributed by atoms with Gasteiger partial charge in [-0.1, -0.05) is 12.1 Å². The van der Waals surface area contributed by atoms with Crippen LogP contribution in [0.1, 0.15) is 18.4 Å². The Labute approximate surface area is 93.7 Å². The lowest BCUT2D eigenvalue weighted by Gasteiger charge is -2.13. The lowest BCUT2D eigenvalue weighted by Crippen LogP contribution is -2.05. The molecule has 2 aromatic rings. The first-order valence-corrected chi connectivity index (χ1v) is 5.39. The van der Waals surface area contributed by atoms with Crippen LogP contribution in [0.5, 0.6) is 5.75 Å². The van der Waals surface area contributed by atoms with Crippen LogP contribution in [0.2, 0.25) is 0 Å². The minimum Gasteiger partial charge on any atom is -0.494 e. The quantitative estimate of drug-likeness (QED) is 0.835. The predicted octanol–water partition coefficient (Wildman–Crippen LogP) is 2.22. The molecule has 16 heavy (non-hydrogen) atoms. The molecule has 0 atom stereocenters. The highest BCUT2D eigenvalue weighted by Crippen LogP contribution is 2.48. The zero-order chi connectivity index (χ0) is 11.2. The van der Waals surface area contributed by atoms with Crippen LogP contribution in [-0.2, 0) is 5.60 Å². The highest BCUT2D eigenvalue weighted by Gasteiger charge is 2.43. The average molecular weight is 215 g/mol. The van der Waals surface area contributed by atoms with Crippen LogP contribution in [0.3, 0.4) is 0 Å². The Hall–Kier alpha value is -1.61. The molecule has 3 nitrogen and oxygen atoms in total. The molecule has 1 saturated carbocycles. The van der Waals surface area contributed by atoms with Gasteiger partial charge < -0.3 is 9.84 Å². The Kier molecular flexibility index (Phi) is 1.91. The van der Waals surface area contributed by atoms with Gasteiger partial charge in [0.2, 0.25) is 0 Å². The number of pyridine rings is 1. The topological polar surface area (TPSA) is 42.4 Å². The number of hydrogen-bond donors (Lipinski definition) is 1. The molecular formula is C13H13NO2. The number of methoxy groups -OCH3 is 1. The Balaban J connectivity index is 2.32. The summed E-state index contributed by atoms with van der Waals surface area (Å²) in [5.41, 5.74) is 1.16. The molecule has 1 aromatic carbocycles. The van der Waals surface area contributed by atoms with Gasteiger partial charge in [0.1, 0.15) is 11.3 Å². The number of benzene rings is 1. The molecule has 0 amide bonds. The molecule has 0 unspecified atom stereocenters. The maximum atomic E-state index is 10.2. The van der Waals surface area contributed by atoms with E-state index in [1.807, 2.05) is 24.3 Å². The first kappa shape index (κ1) is 9.60. The summed E-state index contributed by atoms with van der Waals surface area (Å²) in [5, 5.41) is 11.2. The number of aromatic nitrogens is 1. The number of ether oxygens (including phenoxy) is 1. The van der Waals surface area contributed by atoms with E-state index >= 15 is 0 Å².